The molecular weight excluding hydrogens is 278 g/mol. The van der Waals surface area contributed by atoms with Crippen LogP contribution in [0, 0.1) is 5.92 Å². The number of fused-ring (bicyclic) bond motifs is 4. The van der Waals surface area contributed by atoms with E-state index in [0.717, 1.165) is 5.92 Å². The van der Waals surface area contributed by atoms with Gasteiger partial charge in [-0.05, 0) is 68.0 Å². The monoisotopic (exact) mass is 297 g/mol. The number of hydrogen-bond donors (Lipinski definition) is 1. The number of halogens is 1. The van der Waals surface area contributed by atoms with Crippen LogP contribution in [-0.4, -0.2) is 30.1 Å². The minimum Gasteiger partial charge on any atom is -0.508 e. The molecule has 2 aliphatic rings. The molecule has 1 aliphatic carbocycles. The van der Waals surface area contributed by atoms with Gasteiger partial charge in [0.15, 0.2) is 0 Å². The standard InChI is InChI=1S/C14H19NO.BrH/c1-15-5-4-12-7-10(9-15)6-11-2-3-13(16)8-14(11)12;/h2-3,8,10,12,16H,4-7,9H2,1H3;1H. The van der Waals surface area contributed by atoms with Crippen molar-refractivity contribution in [3.8, 4) is 5.75 Å². The second-order valence-electron chi connectivity index (χ2n) is 5.44. The Kier molecular flexibility index (Phi) is 3.79. The highest BCUT2D eigenvalue weighted by atomic mass is 79.9. The van der Waals surface area contributed by atoms with Crippen LogP contribution in [0.25, 0.3) is 0 Å². The van der Waals surface area contributed by atoms with Gasteiger partial charge in [-0.3, -0.25) is 0 Å². The van der Waals surface area contributed by atoms with Crippen molar-refractivity contribution in [1.29, 1.82) is 0 Å². The summed E-state index contributed by atoms with van der Waals surface area (Å²) >= 11 is 0. The number of nitrogens with zero attached hydrogens (tertiary/aromatic N) is 1. The molecule has 1 aromatic rings. The molecule has 0 radical (unpaired) electrons. The van der Waals surface area contributed by atoms with Gasteiger partial charge in [0.25, 0.3) is 0 Å². The molecular formula is C14H20BrNO. The Labute approximate surface area is 113 Å². The fourth-order valence-corrected chi connectivity index (χ4v) is 3.39. The van der Waals surface area contributed by atoms with Crippen LogP contribution in [0.3, 0.4) is 0 Å². The van der Waals surface area contributed by atoms with Gasteiger partial charge in [0.05, 0.1) is 0 Å². The minimum atomic E-state index is 0. The van der Waals surface area contributed by atoms with Crippen molar-refractivity contribution < 1.29 is 5.11 Å². The van der Waals surface area contributed by atoms with Gasteiger partial charge in [-0.15, -0.1) is 17.0 Å². The van der Waals surface area contributed by atoms with Crippen molar-refractivity contribution in [1.82, 2.24) is 4.90 Å². The highest BCUT2D eigenvalue weighted by Gasteiger charge is 2.30. The molecule has 0 amide bonds. The number of phenolic OH excluding ortho intramolecular Hbond substituents is 1. The van der Waals surface area contributed by atoms with E-state index < -0.39 is 0 Å². The number of benzene rings is 1. The second kappa shape index (κ2) is 4.99. The molecule has 2 bridgehead atoms. The average molecular weight is 298 g/mol. The lowest BCUT2D eigenvalue weighted by Crippen LogP contribution is -2.26. The van der Waals surface area contributed by atoms with E-state index in [9.17, 15) is 5.11 Å². The fraction of sp³-hybridized carbons (Fsp3) is 0.571. The van der Waals surface area contributed by atoms with Crippen LogP contribution in [0.2, 0.25) is 0 Å². The molecule has 3 rings (SSSR count). The van der Waals surface area contributed by atoms with Crippen molar-refractivity contribution >= 4 is 17.0 Å². The molecule has 94 valence electrons. The van der Waals surface area contributed by atoms with Gasteiger partial charge in [0.1, 0.15) is 5.75 Å². The molecule has 0 spiro atoms. The normalized spacial score (nSPS) is 27.8. The third kappa shape index (κ3) is 2.50. The van der Waals surface area contributed by atoms with Gasteiger partial charge >= 0.3 is 0 Å². The van der Waals surface area contributed by atoms with Gasteiger partial charge in [-0.1, -0.05) is 6.07 Å². The molecule has 1 heterocycles. The third-order valence-corrected chi connectivity index (χ3v) is 4.12. The Hall–Kier alpha value is -0.540. The summed E-state index contributed by atoms with van der Waals surface area (Å²) in [5.41, 5.74) is 2.88. The molecule has 1 aromatic carbocycles. The number of hydrogen-bond acceptors (Lipinski definition) is 2. The van der Waals surface area contributed by atoms with Crippen LogP contribution in [0.1, 0.15) is 29.9 Å². The van der Waals surface area contributed by atoms with Gasteiger partial charge in [0, 0.05) is 6.54 Å². The van der Waals surface area contributed by atoms with E-state index in [2.05, 4.69) is 18.0 Å². The topological polar surface area (TPSA) is 23.5 Å². The van der Waals surface area contributed by atoms with Crippen molar-refractivity contribution in [3.63, 3.8) is 0 Å². The molecule has 1 fully saturated rings. The van der Waals surface area contributed by atoms with E-state index in [0.29, 0.717) is 11.7 Å². The largest absolute Gasteiger partial charge is 0.508 e. The highest BCUT2D eigenvalue weighted by molar-refractivity contribution is 8.93. The lowest BCUT2D eigenvalue weighted by atomic mass is 9.76. The molecule has 3 heteroatoms. The molecule has 1 saturated heterocycles. The molecule has 2 atom stereocenters. The summed E-state index contributed by atoms with van der Waals surface area (Å²) in [6, 6.07) is 5.94. The van der Waals surface area contributed by atoms with Crippen molar-refractivity contribution in [2.24, 2.45) is 5.92 Å². The Balaban J connectivity index is 0.00000108. The van der Waals surface area contributed by atoms with E-state index >= 15 is 0 Å². The molecule has 0 aromatic heterocycles. The van der Waals surface area contributed by atoms with Gasteiger partial charge < -0.3 is 10.0 Å². The molecule has 1 aliphatic heterocycles. The number of aromatic hydroxyl groups is 1. The SMILES string of the molecule is Br.CN1CCC2CC(Cc3ccc(O)cc32)C1. The molecule has 1 N–H and O–H groups in total. The van der Waals surface area contributed by atoms with Crippen LogP contribution in [0.15, 0.2) is 18.2 Å². The van der Waals surface area contributed by atoms with Gasteiger partial charge in [-0.25, -0.2) is 0 Å². The van der Waals surface area contributed by atoms with E-state index in [1.807, 2.05) is 12.1 Å². The first-order valence-electron chi connectivity index (χ1n) is 6.22. The first kappa shape index (κ1) is 12.9. The first-order valence-corrected chi connectivity index (χ1v) is 6.22. The first-order chi connectivity index (χ1) is 7.72. The second-order valence-corrected chi connectivity index (χ2v) is 5.44. The van der Waals surface area contributed by atoms with Crippen LogP contribution in [0.5, 0.6) is 5.75 Å². The summed E-state index contributed by atoms with van der Waals surface area (Å²) in [4.78, 5) is 2.45. The number of rotatable bonds is 0. The van der Waals surface area contributed by atoms with Crippen molar-refractivity contribution in [2.45, 2.75) is 25.2 Å². The van der Waals surface area contributed by atoms with E-state index in [4.69, 9.17) is 0 Å². The summed E-state index contributed by atoms with van der Waals surface area (Å²) in [5.74, 6) is 1.91. The molecule has 0 saturated carbocycles. The maximum atomic E-state index is 9.60. The molecule has 2 unspecified atom stereocenters. The molecule has 17 heavy (non-hydrogen) atoms. The number of likely N-dealkylation sites (tertiary alicyclic amines) is 1. The third-order valence-electron chi connectivity index (χ3n) is 4.12. The smallest absolute Gasteiger partial charge is 0.115 e. The Morgan fingerprint density at radius 2 is 2.18 bits per heavy atom. The predicted octanol–water partition coefficient (Wildman–Crippen LogP) is 2.95. The quantitative estimate of drug-likeness (QED) is 0.796. The van der Waals surface area contributed by atoms with Crippen molar-refractivity contribution in [2.75, 3.05) is 20.1 Å². The minimum absolute atomic E-state index is 0. The summed E-state index contributed by atoms with van der Waals surface area (Å²) in [5, 5.41) is 9.60. The summed E-state index contributed by atoms with van der Waals surface area (Å²) in [6.45, 7) is 2.42. The van der Waals surface area contributed by atoms with Crippen LogP contribution in [-0.2, 0) is 6.42 Å². The van der Waals surface area contributed by atoms with Crippen molar-refractivity contribution in [3.05, 3.63) is 29.3 Å². The zero-order valence-electron chi connectivity index (χ0n) is 10.2. The average Bonchev–Trinajstić information content (AvgIpc) is 2.40. The maximum Gasteiger partial charge on any atom is 0.115 e. The van der Waals surface area contributed by atoms with Crippen LogP contribution < -0.4 is 0 Å². The Morgan fingerprint density at radius 1 is 1.35 bits per heavy atom. The van der Waals surface area contributed by atoms with E-state index in [1.54, 1.807) is 0 Å². The molecule has 2 nitrogen and oxygen atoms in total. The maximum absolute atomic E-state index is 9.60. The summed E-state index contributed by atoms with van der Waals surface area (Å²) in [6.07, 6.45) is 3.74. The van der Waals surface area contributed by atoms with Crippen LogP contribution in [0.4, 0.5) is 0 Å². The van der Waals surface area contributed by atoms with Gasteiger partial charge in [0.2, 0.25) is 0 Å². The fourth-order valence-electron chi connectivity index (χ4n) is 3.39. The predicted molar refractivity (Wildman–Crippen MR) is 75.1 cm³/mol. The summed E-state index contributed by atoms with van der Waals surface area (Å²) < 4.78 is 0. The lowest BCUT2D eigenvalue weighted by Gasteiger charge is -2.29. The zero-order chi connectivity index (χ0) is 11.1. The lowest BCUT2D eigenvalue weighted by molar-refractivity contribution is 0.296. The zero-order valence-corrected chi connectivity index (χ0v) is 11.9. The summed E-state index contributed by atoms with van der Waals surface area (Å²) in [7, 11) is 2.23. The van der Waals surface area contributed by atoms with Gasteiger partial charge in [-0.2, -0.15) is 0 Å². The Bertz CT molecular complexity index is 407. The van der Waals surface area contributed by atoms with E-state index in [1.165, 1.54) is 43.5 Å². The number of phenols is 1. The highest BCUT2D eigenvalue weighted by Crippen LogP contribution is 2.40. The van der Waals surface area contributed by atoms with Crippen LogP contribution >= 0.6 is 17.0 Å². The van der Waals surface area contributed by atoms with E-state index in [-0.39, 0.29) is 17.0 Å². The Morgan fingerprint density at radius 3 is 3.00 bits per heavy atom.